The quantitative estimate of drug-likeness (QED) is 0.577. The van der Waals surface area contributed by atoms with Crippen molar-refractivity contribution in [1.82, 2.24) is 9.21 Å². The number of piperazine rings is 1. The molecule has 0 saturated carbocycles. The van der Waals surface area contributed by atoms with Crippen LogP contribution in [-0.2, 0) is 24.7 Å². The number of carbonyl (C=O) groups is 2. The molecule has 8 nitrogen and oxygen atoms in total. The van der Waals surface area contributed by atoms with E-state index in [-0.39, 0.29) is 68.6 Å². The van der Waals surface area contributed by atoms with Gasteiger partial charge in [0.25, 0.3) is 0 Å². The smallest absolute Gasteiger partial charge is 0.223 e. The standard InChI is InChI=1S/C16H21ClN2O6S3/c17-15-3-2-14(26-15)13(20)1-4-16(21)18-6-8-19(9-7-18)28(24,25)12-5-10-27(22,23)11-12/h2-3,12H,1,4-11H2. The zero-order chi connectivity index (χ0) is 20.5. The second-order valence-corrected chi connectivity index (χ2v) is 13.0. The van der Waals surface area contributed by atoms with Crippen LogP contribution in [0.2, 0.25) is 4.34 Å². The lowest BCUT2D eigenvalue weighted by Crippen LogP contribution is -2.52. The van der Waals surface area contributed by atoms with Crippen LogP contribution >= 0.6 is 22.9 Å². The minimum Gasteiger partial charge on any atom is -0.340 e. The molecule has 2 aliphatic heterocycles. The van der Waals surface area contributed by atoms with Gasteiger partial charge < -0.3 is 4.90 Å². The summed E-state index contributed by atoms with van der Waals surface area (Å²) in [5.41, 5.74) is 0. The summed E-state index contributed by atoms with van der Waals surface area (Å²) in [6.07, 6.45) is 0.259. The highest BCUT2D eigenvalue weighted by Gasteiger charge is 2.41. The van der Waals surface area contributed by atoms with Crippen LogP contribution in [-0.4, -0.2) is 80.7 Å². The number of hydrogen-bond donors (Lipinski definition) is 0. The van der Waals surface area contributed by atoms with Gasteiger partial charge in [0, 0.05) is 39.0 Å². The number of sulfonamides is 1. The lowest BCUT2D eigenvalue weighted by atomic mass is 10.1. The number of halogens is 1. The molecule has 0 bridgehead atoms. The third kappa shape index (κ3) is 4.93. The molecule has 1 unspecified atom stereocenters. The van der Waals surface area contributed by atoms with Crippen molar-refractivity contribution in [3.8, 4) is 0 Å². The maximum absolute atomic E-state index is 12.6. The fourth-order valence-electron chi connectivity index (χ4n) is 3.36. The molecule has 0 aromatic carbocycles. The van der Waals surface area contributed by atoms with E-state index in [0.717, 1.165) is 0 Å². The van der Waals surface area contributed by atoms with Crippen molar-refractivity contribution in [3.05, 3.63) is 21.3 Å². The molecule has 3 heterocycles. The highest BCUT2D eigenvalue weighted by molar-refractivity contribution is 7.95. The second kappa shape index (κ2) is 8.39. The number of rotatable bonds is 6. The number of nitrogens with zero attached hydrogens (tertiary/aromatic N) is 2. The zero-order valence-corrected chi connectivity index (χ0v) is 18.2. The Hall–Kier alpha value is -1.01. The fourth-order valence-corrected chi connectivity index (χ4v) is 8.89. The van der Waals surface area contributed by atoms with Crippen LogP contribution in [0.25, 0.3) is 0 Å². The van der Waals surface area contributed by atoms with Crippen LogP contribution in [0.5, 0.6) is 0 Å². The molecule has 0 N–H and O–H groups in total. The van der Waals surface area contributed by atoms with Crippen molar-refractivity contribution in [2.45, 2.75) is 24.5 Å². The molecule has 1 aromatic heterocycles. The first-order chi connectivity index (χ1) is 13.1. The van der Waals surface area contributed by atoms with Crippen LogP contribution in [0.3, 0.4) is 0 Å². The van der Waals surface area contributed by atoms with Crippen LogP contribution in [0.4, 0.5) is 0 Å². The third-order valence-electron chi connectivity index (χ3n) is 4.98. The molecule has 2 fully saturated rings. The normalized spacial score (nSPS) is 23.0. The monoisotopic (exact) mass is 468 g/mol. The molecule has 1 amide bonds. The van der Waals surface area contributed by atoms with E-state index in [9.17, 15) is 26.4 Å². The van der Waals surface area contributed by atoms with Crippen molar-refractivity contribution in [2.75, 3.05) is 37.7 Å². The molecule has 1 aromatic rings. The Kier molecular flexibility index (Phi) is 6.50. The van der Waals surface area contributed by atoms with Crippen molar-refractivity contribution >= 4 is 54.5 Å². The minimum atomic E-state index is -3.69. The summed E-state index contributed by atoms with van der Waals surface area (Å²) >= 11 is 6.98. The van der Waals surface area contributed by atoms with Gasteiger partial charge in [0.15, 0.2) is 15.6 Å². The molecule has 0 radical (unpaired) electrons. The van der Waals surface area contributed by atoms with E-state index < -0.39 is 25.1 Å². The first kappa shape index (κ1) is 21.7. The van der Waals surface area contributed by atoms with Gasteiger partial charge in [0.05, 0.1) is 26.0 Å². The Morgan fingerprint density at radius 3 is 2.36 bits per heavy atom. The number of thiophene rings is 1. The van der Waals surface area contributed by atoms with Gasteiger partial charge in [0.1, 0.15) is 0 Å². The third-order valence-corrected chi connectivity index (χ3v) is 10.6. The average Bonchev–Trinajstić information content (AvgIpc) is 3.25. The molecule has 0 spiro atoms. The summed E-state index contributed by atoms with van der Waals surface area (Å²) < 4.78 is 50.2. The van der Waals surface area contributed by atoms with E-state index in [1.807, 2.05) is 0 Å². The van der Waals surface area contributed by atoms with Gasteiger partial charge in [-0.15, -0.1) is 11.3 Å². The maximum Gasteiger partial charge on any atom is 0.223 e. The van der Waals surface area contributed by atoms with E-state index >= 15 is 0 Å². The molecular formula is C16H21ClN2O6S3. The SMILES string of the molecule is O=C(CCC(=O)N1CCN(S(=O)(=O)C2CCS(=O)(=O)C2)CC1)c1ccc(Cl)s1. The van der Waals surface area contributed by atoms with Crippen molar-refractivity contribution in [2.24, 2.45) is 0 Å². The molecule has 1 atom stereocenters. The Balaban J connectivity index is 1.49. The number of amides is 1. The van der Waals surface area contributed by atoms with Crippen LogP contribution in [0.1, 0.15) is 28.9 Å². The number of Topliss-reactive ketones (excluding diaryl/α,β-unsaturated/α-hetero) is 1. The van der Waals surface area contributed by atoms with E-state index in [2.05, 4.69) is 0 Å². The molecular weight excluding hydrogens is 448 g/mol. The van der Waals surface area contributed by atoms with Gasteiger partial charge in [-0.2, -0.15) is 4.31 Å². The minimum absolute atomic E-state index is 0.0575. The summed E-state index contributed by atoms with van der Waals surface area (Å²) in [4.78, 5) is 26.5. The summed E-state index contributed by atoms with van der Waals surface area (Å²) in [5, 5.41) is -0.894. The molecule has 2 aliphatic rings. The van der Waals surface area contributed by atoms with Gasteiger partial charge in [-0.25, -0.2) is 16.8 Å². The molecule has 28 heavy (non-hydrogen) atoms. The van der Waals surface area contributed by atoms with Crippen LogP contribution in [0, 0.1) is 0 Å². The zero-order valence-electron chi connectivity index (χ0n) is 15.0. The summed E-state index contributed by atoms with van der Waals surface area (Å²) in [6.45, 7) is 0.741. The largest absolute Gasteiger partial charge is 0.340 e. The molecule has 2 saturated heterocycles. The van der Waals surface area contributed by atoms with E-state index in [4.69, 9.17) is 11.6 Å². The number of carbonyl (C=O) groups excluding carboxylic acids is 2. The Morgan fingerprint density at radius 2 is 1.82 bits per heavy atom. The van der Waals surface area contributed by atoms with E-state index in [1.54, 1.807) is 17.0 Å². The van der Waals surface area contributed by atoms with Gasteiger partial charge in [-0.1, -0.05) is 11.6 Å². The lowest BCUT2D eigenvalue weighted by molar-refractivity contribution is -0.132. The fraction of sp³-hybridized carbons (Fsp3) is 0.625. The van der Waals surface area contributed by atoms with Gasteiger partial charge in [0.2, 0.25) is 15.9 Å². The van der Waals surface area contributed by atoms with Gasteiger partial charge >= 0.3 is 0 Å². The molecule has 0 aliphatic carbocycles. The number of hydrogen-bond acceptors (Lipinski definition) is 7. The first-order valence-corrected chi connectivity index (χ1v) is 13.4. The van der Waals surface area contributed by atoms with Crippen LogP contribution < -0.4 is 0 Å². The highest BCUT2D eigenvalue weighted by Crippen LogP contribution is 2.24. The van der Waals surface area contributed by atoms with Crippen molar-refractivity contribution < 1.29 is 26.4 Å². The van der Waals surface area contributed by atoms with Crippen molar-refractivity contribution in [3.63, 3.8) is 0 Å². The summed E-state index contributed by atoms with van der Waals surface area (Å²) in [6, 6.07) is 3.27. The van der Waals surface area contributed by atoms with E-state index in [1.165, 1.54) is 15.6 Å². The topological polar surface area (TPSA) is 109 Å². The lowest BCUT2D eigenvalue weighted by Gasteiger charge is -2.35. The predicted molar refractivity (Wildman–Crippen MR) is 107 cm³/mol. The first-order valence-electron chi connectivity index (χ1n) is 8.84. The van der Waals surface area contributed by atoms with Gasteiger partial charge in [-0.05, 0) is 18.6 Å². The Bertz CT molecular complexity index is 964. The van der Waals surface area contributed by atoms with Crippen LogP contribution in [0.15, 0.2) is 12.1 Å². The molecule has 156 valence electrons. The maximum atomic E-state index is 12.6. The second-order valence-electron chi connectivity index (χ2n) is 6.88. The Morgan fingerprint density at radius 1 is 1.14 bits per heavy atom. The summed E-state index contributed by atoms with van der Waals surface area (Å²) in [7, 11) is -6.98. The summed E-state index contributed by atoms with van der Waals surface area (Å²) in [5.74, 6) is -0.771. The number of ketones is 1. The van der Waals surface area contributed by atoms with E-state index in [0.29, 0.717) is 9.21 Å². The molecule has 12 heteroatoms. The highest BCUT2D eigenvalue weighted by atomic mass is 35.5. The van der Waals surface area contributed by atoms with Crippen molar-refractivity contribution in [1.29, 1.82) is 0 Å². The Labute approximate surface area is 173 Å². The van der Waals surface area contributed by atoms with Gasteiger partial charge in [-0.3, -0.25) is 9.59 Å². The number of sulfone groups is 1. The predicted octanol–water partition coefficient (Wildman–Crippen LogP) is 1.03. The average molecular weight is 469 g/mol. The molecule has 3 rings (SSSR count).